The van der Waals surface area contributed by atoms with Gasteiger partial charge < -0.3 is 15.5 Å². The molecule has 0 spiro atoms. The molecular formula is C11H25N3. The van der Waals surface area contributed by atoms with Crippen molar-refractivity contribution in [3.63, 3.8) is 0 Å². The van der Waals surface area contributed by atoms with E-state index in [1.54, 1.807) is 0 Å². The third-order valence-corrected chi connectivity index (χ3v) is 3.11. The van der Waals surface area contributed by atoms with Crippen molar-refractivity contribution in [1.29, 1.82) is 0 Å². The van der Waals surface area contributed by atoms with Gasteiger partial charge in [-0.25, -0.2) is 0 Å². The summed E-state index contributed by atoms with van der Waals surface area (Å²) in [5.74, 6) is 0. The number of rotatable bonds is 5. The summed E-state index contributed by atoms with van der Waals surface area (Å²) in [4.78, 5) is 4.58. The van der Waals surface area contributed by atoms with E-state index in [9.17, 15) is 0 Å². The van der Waals surface area contributed by atoms with Crippen molar-refractivity contribution in [2.24, 2.45) is 5.73 Å². The summed E-state index contributed by atoms with van der Waals surface area (Å²) in [5, 5.41) is 0. The van der Waals surface area contributed by atoms with Gasteiger partial charge in [0.25, 0.3) is 0 Å². The second-order valence-electron chi connectivity index (χ2n) is 5.11. The molecule has 0 saturated heterocycles. The van der Waals surface area contributed by atoms with Crippen LogP contribution in [0.5, 0.6) is 0 Å². The van der Waals surface area contributed by atoms with Gasteiger partial charge in [0, 0.05) is 25.2 Å². The molecule has 0 radical (unpaired) electrons. The van der Waals surface area contributed by atoms with E-state index >= 15 is 0 Å². The van der Waals surface area contributed by atoms with Crippen LogP contribution in [0.2, 0.25) is 0 Å². The Morgan fingerprint density at radius 1 is 1.07 bits per heavy atom. The highest BCUT2D eigenvalue weighted by Gasteiger charge is 2.30. The van der Waals surface area contributed by atoms with Crippen LogP contribution in [-0.4, -0.2) is 56.1 Å². The van der Waals surface area contributed by atoms with E-state index in [1.165, 1.54) is 25.7 Å². The van der Waals surface area contributed by atoms with Crippen LogP contribution in [-0.2, 0) is 0 Å². The number of hydrogen-bond donors (Lipinski definition) is 1. The van der Waals surface area contributed by atoms with Gasteiger partial charge in [0.1, 0.15) is 0 Å². The third kappa shape index (κ3) is 3.95. The van der Waals surface area contributed by atoms with Crippen LogP contribution in [0.1, 0.15) is 25.7 Å². The summed E-state index contributed by atoms with van der Waals surface area (Å²) in [6.07, 6.45) is 5.05. The van der Waals surface area contributed by atoms with Gasteiger partial charge in [-0.1, -0.05) is 12.8 Å². The summed E-state index contributed by atoms with van der Waals surface area (Å²) in [7, 11) is 6.40. The van der Waals surface area contributed by atoms with Gasteiger partial charge in [-0.05, 0) is 34.0 Å². The SMILES string of the molecule is CN(C)CCN(C)CC1(N)CCCC1. The van der Waals surface area contributed by atoms with Crippen molar-refractivity contribution < 1.29 is 0 Å². The van der Waals surface area contributed by atoms with Gasteiger partial charge in [-0.2, -0.15) is 0 Å². The molecule has 1 rings (SSSR count). The first kappa shape index (κ1) is 12.0. The van der Waals surface area contributed by atoms with E-state index < -0.39 is 0 Å². The normalized spacial score (nSPS) is 21.0. The fraction of sp³-hybridized carbons (Fsp3) is 1.00. The zero-order valence-electron chi connectivity index (χ0n) is 9.92. The molecule has 0 aromatic rings. The third-order valence-electron chi connectivity index (χ3n) is 3.11. The summed E-state index contributed by atoms with van der Waals surface area (Å²) >= 11 is 0. The van der Waals surface area contributed by atoms with Crippen molar-refractivity contribution in [3.05, 3.63) is 0 Å². The average Bonchev–Trinajstić information content (AvgIpc) is 2.48. The second-order valence-corrected chi connectivity index (χ2v) is 5.11. The van der Waals surface area contributed by atoms with Crippen molar-refractivity contribution in [2.45, 2.75) is 31.2 Å². The average molecular weight is 199 g/mol. The highest BCUT2D eigenvalue weighted by atomic mass is 15.2. The van der Waals surface area contributed by atoms with Gasteiger partial charge in [-0.15, -0.1) is 0 Å². The van der Waals surface area contributed by atoms with E-state index in [1.807, 2.05) is 0 Å². The Hall–Kier alpha value is -0.120. The van der Waals surface area contributed by atoms with Gasteiger partial charge >= 0.3 is 0 Å². The van der Waals surface area contributed by atoms with Crippen LogP contribution in [0.15, 0.2) is 0 Å². The molecule has 84 valence electrons. The summed E-state index contributed by atoms with van der Waals surface area (Å²) in [5.41, 5.74) is 6.42. The maximum atomic E-state index is 6.31. The standard InChI is InChI=1S/C11H25N3/c1-13(2)8-9-14(3)10-11(12)6-4-5-7-11/h4-10,12H2,1-3H3. The van der Waals surface area contributed by atoms with Crippen molar-refractivity contribution >= 4 is 0 Å². The quantitative estimate of drug-likeness (QED) is 0.709. The van der Waals surface area contributed by atoms with Crippen LogP contribution in [0.25, 0.3) is 0 Å². The van der Waals surface area contributed by atoms with Gasteiger partial charge in [0.2, 0.25) is 0 Å². The molecule has 0 aliphatic heterocycles. The number of nitrogens with two attached hydrogens (primary N) is 1. The minimum atomic E-state index is 0.112. The Morgan fingerprint density at radius 3 is 2.14 bits per heavy atom. The molecule has 0 heterocycles. The molecule has 3 heteroatoms. The Balaban J connectivity index is 2.21. The monoisotopic (exact) mass is 199 g/mol. The number of likely N-dealkylation sites (N-methyl/N-ethyl adjacent to an activating group) is 2. The molecule has 0 unspecified atom stereocenters. The molecule has 0 amide bonds. The fourth-order valence-corrected chi connectivity index (χ4v) is 2.22. The predicted octanol–water partition coefficient (Wildman–Crippen LogP) is 0.751. The van der Waals surface area contributed by atoms with Gasteiger partial charge in [0.05, 0.1) is 0 Å². The Bertz CT molecular complexity index is 162. The first-order valence-corrected chi connectivity index (χ1v) is 5.64. The summed E-state index contributed by atoms with van der Waals surface area (Å²) < 4.78 is 0. The zero-order chi connectivity index (χ0) is 10.6. The highest BCUT2D eigenvalue weighted by molar-refractivity contribution is 4.91. The van der Waals surface area contributed by atoms with E-state index in [2.05, 4.69) is 30.9 Å². The first-order valence-electron chi connectivity index (χ1n) is 5.64. The molecule has 0 aromatic heterocycles. The minimum absolute atomic E-state index is 0.112. The lowest BCUT2D eigenvalue weighted by Crippen LogP contribution is -2.48. The number of hydrogen-bond acceptors (Lipinski definition) is 3. The van der Waals surface area contributed by atoms with Crippen molar-refractivity contribution in [1.82, 2.24) is 9.80 Å². The van der Waals surface area contributed by atoms with E-state index in [4.69, 9.17) is 5.73 Å². The van der Waals surface area contributed by atoms with Crippen LogP contribution in [0, 0.1) is 0 Å². The molecule has 2 N–H and O–H groups in total. The van der Waals surface area contributed by atoms with Crippen LogP contribution in [0.4, 0.5) is 0 Å². The first-order chi connectivity index (χ1) is 6.52. The van der Waals surface area contributed by atoms with Gasteiger partial charge in [-0.3, -0.25) is 0 Å². The van der Waals surface area contributed by atoms with E-state index in [0.29, 0.717) is 0 Å². The van der Waals surface area contributed by atoms with E-state index in [0.717, 1.165) is 19.6 Å². The smallest absolute Gasteiger partial charge is 0.0283 e. The molecule has 1 aliphatic carbocycles. The Labute approximate surface area is 88.2 Å². The van der Waals surface area contributed by atoms with Crippen molar-refractivity contribution in [3.8, 4) is 0 Å². The maximum Gasteiger partial charge on any atom is 0.0283 e. The fourth-order valence-electron chi connectivity index (χ4n) is 2.22. The van der Waals surface area contributed by atoms with Gasteiger partial charge in [0.15, 0.2) is 0 Å². The zero-order valence-corrected chi connectivity index (χ0v) is 9.92. The lowest BCUT2D eigenvalue weighted by molar-refractivity contribution is 0.226. The molecule has 0 atom stereocenters. The highest BCUT2D eigenvalue weighted by Crippen LogP contribution is 2.27. The summed E-state index contributed by atoms with van der Waals surface area (Å²) in [6, 6.07) is 0. The van der Waals surface area contributed by atoms with Crippen LogP contribution >= 0.6 is 0 Å². The Morgan fingerprint density at radius 2 is 1.64 bits per heavy atom. The number of nitrogens with zero attached hydrogens (tertiary/aromatic N) is 2. The molecule has 1 fully saturated rings. The predicted molar refractivity (Wildman–Crippen MR) is 61.4 cm³/mol. The Kier molecular flexibility index (Phi) is 4.35. The second kappa shape index (κ2) is 5.10. The van der Waals surface area contributed by atoms with Crippen molar-refractivity contribution in [2.75, 3.05) is 40.8 Å². The molecule has 1 aliphatic rings. The largest absolute Gasteiger partial charge is 0.324 e. The lowest BCUT2D eigenvalue weighted by Gasteiger charge is -2.30. The maximum absolute atomic E-state index is 6.31. The van der Waals surface area contributed by atoms with Crippen LogP contribution < -0.4 is 5.73 Å². The molecule has 0 bridgehead atoms. The molecule has 14 heavy (non-hydrogen) atoms. The lowest BCUT2D eigenvalue weighted by atomic mass is 9.99. The molecular weight excluding hydrogens is 174 g/mol. The topological polar surface area (TPSA) is 32.5 Å². The molecule has 3 nitrogen and oxygen atoms in total. The minimum Gasteiger partial charge on any atom is -0.324 e. The summed E-state index contributed by atoms with van der Waals surface area (Å²) in [6.45, 7) is 3.29. The molecule has 0 aromatic carbocycles. The van der Waals surface area contributed by atoms with Crippen LogP contribution in [0.3, 0.4) is 0 Å². The van der Waals surface area contributed by atoms with E-state index in [-0.39, 0.29) is 5.54 Å². The molecule has 1 saturated carbocycles.